The molecular formula is C34H38Cl2N8O3S. The van der Waals surface area contributed by atoms with Crippen molar-refractivity contribution in [2.24, 2.45) is 0 Å². The molecule has 14 heteroatoms. The standard InChI is InChI=1S/C34H38Cl2N8O3S/c1-20(2)44(34(47)38-16-22-10-13-25(35)26(36)14-22)42-19-30(45)43-27(15-21-8-11-24(12-9-21)40(3)4)32(46)41(18-29(42)43)17-23-6-5-7-28-31(23)39-33(37)48-28/h5-14,20,27,29H,15-19H2,1-4H3,(H2,37,39)(H,38,47)/t27?,29-/m1/s1. The Bertz CT molecular complexity index is 1850. The van der Waals surface area contributed by atoms with E-state index in [1.807, 2.05) is 75.3 Å². The SMILES string of the molecule is CC(C)N(C(=O)NCc1ccc(Cl)c(Cl)c1)N1CC(=O)N2C(Cc3ccc(N(C)C)cc3)C(=O)N(Cc3cccc4sc(N)nc34)C[C@@H]21. The van der Waals surface area contributed by atoms with Gasteiger partial charge in [0.15, 0.2) is 5.13 Å². The van der Waals surface area contributed by atoms with Gasteiger partial charge in [0.2, 0.25) is 11.8 Å². The lowest BCUT2D eigenvalue weighted by molar-refractivity contribution is -0.158. The van der Waals surface area contributed by atoms with Crippen molar-refractivity contribution in [1.29, 1.82) is 0 Å². The topological polar surface area (TPSA) is 118 Å². The van der Waals surface area contributed by atoms with Crippen LogP contribution in [0.1, 0.15) is 30.5 Å². The summed E-state index contributed by atoms with van der Waals surface area (Å²) in [5.41, 5.74) is 10.4. The van der Waals surface area contributed by atoms with Crippen LogP contribution in [0, 0.1) is 0 Å². The molecule has 0 saturated carbocycles. The second-order valence-electron chi connectivity index (χ2n) is 12.5. The molecule has 0 bridgehead atoms. The number of nitrogens with zero attached hydrogens (tertiary/aromatic N) is 6. The number of carbonyl (C=O) groups excluding carboxylic acids is 3. The van der Waals surface area contributed by atoms with Gasteiger partial charge in [-0.25, -0.2) is 9.78 Å². The van der Waals surface area contributed by atoms with E-state index in [1.165, 1.54) is 11.3 Å². The summed E-state index contributed by atoms with van der Waals surface area (Å²) in [5, 5.41) is 7.63. The molecule has 1 unspecified atom stereocenters. The molecule has 3 aromatic carbocycles. The molecule has 1 aromatic heterocycles. The fraction of sp³-hybridized carbons (Fsp3) is 0.353. The van der Waals surface area contributed by atoms with Crippen molar-refractivity contribution in [1.82, 2.24) is 30.1 Å². The molecule has 6 rings (SSSR count). The number of fused-ring (bicyclic) bond motifs is 2. The Morgan fingerprint density at radius 3 is 2.48 bits per heavy atom. The number of hydrogen-bond acceptors (Lipinski definition) is 8. The number of carbonyl (C=O) groups is 3. The predicted octanol–water partition coefficient (Wildman–Crippen LogP) is 5.21. The lowest BCUT2D eigenvalue weighted by Crippen LogP contribution is -2.66. The molecule has 3 heterocycles. The molecule has 48 heavy (non-hydrogen) atoms. The smallest absolute Gasteiger partial charge is 0.332 e. The Morgan fingerprint density at radius 2 is 1.79 bits per heavy atom. The number of para-hydroxylation sites is 1. The van der Waals surface area contributed by atoms with Crippen LogP contribution in [0.4, 0.5) is 15.6 Å². The molecule has 2 fully saturated rings. The summed E-state index contributed by atoms with van der Waals surface area (Å²) in [6.45, 7) is 4.46. The minimum atomic E-state index is -0.764. The molecule has 3 N–H and O–H groups in total. The highest BCUT2D eigenvalue weighted by atomic mass is 35.5. The van der Waals surface area contributed by atoms with E-state index in [9.17, 15) is 14.4 Å². The average molecular weight is 710 g/mol. The zero-order valence-corrected chi connectivity index (χ0v) is 29.5. The van der Waals surface area contributed by atoms with Gasteiger partial charge in [-0.1, -0.05) is 64.9 Å². The zero-order valence-electron chi connectivity index (χ0n) is 27.2. The van der Waals surface area contributed by atoms with Gasteiger partial charge in [-0.15, -0.1) is 0 Å². The van der Waals surface area contributed by atoms with Crippen LogP contribution in [-0.4, -0.2) is 88.1 Å². The van der Waals surface area contributed by atoms with Crippen molar-refractivity contribution >= 4 is 73.4 Å². The van der Waals surface area contributed by atoms with E-state index in [1.54, 1.807) is 38.0 Å². The first-order chi connectivity index (χ1) is 22.9. The summed E-state index contributed by atoms with van der Waals surface area (Å²) in [4.78, 5) is 52.0. The lowest BCUT2D eigenvalue weighted by Gasteiger charge is -2.47. The van der Waals surface area contributed by atoms with Gasteiger partial charge in [0.1, 0.15) is 12.2 Å². The highest BCUT2D eigenvalue weighted by Crippen LogP contribution is 2.33. The number of nitrogens with one attached hydrogen (secondary N) is 1. The van der Waals surface area contributed by atoms with E-state index in [-0.39, 0.29) is 50.1 Å². The number of thiazole rings is 1. The van der Waals surface area contributed by atoms with Crippen LogP contribution in [0.2, 0.25) is 10.0 Å². The van der Waals surface area contributed by atoms with E-state index < -0.39 is 12.2 Å². The normalized spacial score (nSPS) is 18.1. The van der Waals surface area contributed by atoms with Crippen molar-refractivity contribution in [3.8, 4) is 0 Å². The molecule has 2 saturated heterocycles. The maximum atomic E-state index is 14.3. The predicted molar refractivity (Wildman–Crippen MR) is 191 cm³/mol. The molecule has 11 nitrogen and oxygen atoms in total. The Hall–Kier alpha value is -4.10. The van der Waals surface area contributed by atoms with Crippen LogP contribution < -0.4 is 16.0 Å². The number of nitrogens with two attached hydrogens (primary N) is 1. The first-order valence-electron chi connectivity index (χ1n) is 15.7. The summed E-state index contributed by atoms with van der Waals surface area (Å²) < 4.78 is 0.941. The quantitative estimate of drug-likeness (QED) is 0.245. The number of aromatic nitrogens is 1. The number of rotatable bonds is 9. The van der Waals surface area contributed by atoms with E-state index >= 15 is 0 Å². The third kappa shape index (κ3) is 6.75. The highest BCUT2D eigenvalue weighted by Gasteiger charge is 2.52. The van der Waals surface area contributed by atoms with Gasteiger partial charge in [0, 0.05) is 45.3 Å². The minimum Gasteiger partial charge on any atom is -0.378 e. The molecule has 0 aliphatic carbocycles. The van der Waals surface area contributed by atoms with E-state index in [4.69, 9.17) is 28.9 Å². The number of amides is 4. The summed E-state index contributed by atoms with van der Waals surface area (Å²) >= 11 is 13.7. The molecule has 0 radical (unpaired) electrons. The van der Waals surface area contributed by atoms with Gasteiger partial charge in [-0.3, -0.25) is 14.6 Å². The zero-order chi connectivity index (χ0) is 34.3. The summed E-state index contributed by atoms with van der Waals surface area (Å²) in [6, 6.07) is 17.6. The van der Waals surface area contributed by atoms with Crippen molar-refractivity contribution in [3.63, 3.8) is 0 Å². The van der Waals surface area contributed by atoms with Crippen molar-refractivity contribution < 1.29 is 14.4 Å². The second kappa shape index (κ2) is 13.8. The largest absolute Gasteiger partial charge is 0.378 e. The third-order valence-electron chi connectivity index (χ3n) is 8.73. The third-order valence-corrected chi connectivity index (χ3v) is 10.3. The number of hydrogen-bond donors (Lipinski definition) is 2. The Balaban J connectivity index is 1.31. The number of nitrogen functional groups attached to an aromatic ring is 1. The van der Waals surface area contributed by atoms with Crippen LogP contribution in [0.5, 0.6) is 0 Å². The summed E-state index contributed by atoms with van der Waals surface area (Å²) in [5.74, 6) is -0.362. The Kier molecular flexibility index (Phi) is 9.71. The van der Waals surface area contributed by atoms with E-state index in [0.717, 1.165) is 32.6 Å². The van der Waals surface area contributed by atoms with Gasteiger partial charge in [-0.05, 0) is 60.9 Å². The molecule has 252 valence electrons. The Morgan fingerprint density at radius 1 is 1.06 bits per heavy atom. The molecule has 2 atom stereocenters. The number of anilines is 2. The first-order valence-corrected chi connectivity index (χ1v) is 17.3. The molecular weight excluding hydrogens is 671 g/mol. The molecule has 2 aliphatic rings. The highest BCUT2D eigenvalue weighted by molar-refractivity contribution is 7.22. The fourth-order valence-electron chi connectivity index (χ4n) is 6.43. The minimum absolute atomic E-state index is 0.0432. The van der Waals surface area contributed by atoms with Crippen LogP contribution in [0.15, 0.2) is 60.7 Å². The van der Waals surface area contributed by atoms with Gasteiger partial charge < -0.3 is 25.8 Å². The fourth-order valence-corrected chi connectivity index (χ4v) is 7.53. The molecule has 4 amide bonds. The molecule has 0 spiro atoms. The Labute approximate surface area is 293 Å². The summed E-state index contributed by atoms with van der Waals surface area (Å²) in [7, 11) is 3.94. The number of hydrazine groups is 1. The monoisotopic (exact) mass is 708 g/mol. The van der Waals surface area contributed by atoms with Gasteiger partial charge >= 0.3 is 6.03 Å². The second-order valence-corrected chi connectivity index (χ2v) is 14.4. The number of urea groups is 1. The van der Waals surface area contributed by atoms with Gasteiger partial charge in [0.05, 0.1) is 33.4 Å². The maximum absolute atomic E-state index is 14.3. The number of piperazine rings is 1. The maximum Gasteiger partial charge on any atom is 0.332 e. The van der Waals surface area contributed by atoms with E-state index in [0.29, 0.717) is 21.6 Å². The van der Waals surface area contributed by atoms with Gasteiger partial charge in [-0.2, -0.15) is 5.01 Å². The van der Waals surface area contributed by atoms with Crippen LogP contribution in [0.25, 0.3) is 10.2 Å². The average Bonchev–Trinajstić information content (AvgIpc) is 3.58. The molecule has 2 aliphatic heterocycles. The number of halogens is 2. The summed E-state index contributed by atoms with van der Waals surface area (Å²) in [6.07, 6.45) is -0.239. The van der Waals surface area contributed by atoms with Crippen LogP contribution in [-0.2, 0) is 29.1 Å². The number of benzene rings is 3. The van der Waals surface area contributed by atoms with E-state index in [2.05, 4.69) is 10.3 Å². The van der Waals surface area contributed by atoms with Gasteiger partial charge in [0.25, 0.3) is 0 Å². The lowest BCUT2D eigenvalue weighted by atomic mass is 9.99. The molecule has 4 aromatic rings. The van der Waals surface area contributed by atoms with Crippen molar-refractivity contribution in [3.05, 3.63) is 87.4 Å². The van der Waals surface area contributed by atoms with Crippen LogP contribution in [0.3, 0.4) is 0 Å². The van der Waals surface area contributed by atoms with Crippen molar-refractivity contribution in [2.75, 3.05) is 37.8 Å². The van der Waals surface area contributed by atoms with Crippen molar-refractivity contribution in [2.45, 2.75) is 51.6 Å². The van der Waals surface area contributed by atoms with Crippen LogP contribution >= 0.6 is 34.5 Å². The first kappa shape index (κ1) is 33.8.